The summed E-state index contributed by atoms with van der Waals surface area (Å²) in [6.45, 7) is 37.6. The number of benzene rings is 8. The van der Waals surface area contributed by atoms with Crippen LogP contribution in [0.3, 0.4) is 0 Å². The summed E-state index contributed by atoms with van der Waals surface area (Å²) in [5.74, 6) is 2.37. The van der Waals surface area contributed by atoms with Gasteiger partial charge in [-0.25, -0.2) is 4.98 Å². The highest BCUT2D eigenvalue weighted by Gasteiger charge is 2.39. The molecule has 0 radical (unpaired) electrons. The van der Waals surface area contributed by atoms with E-state index in [-0.39, 0.29) is 32.5 Å². The van der Waals surface area contributed by atoms with E-state index in [9.17, 15) is 0 Å². The Morgan fingerprint density at radius 2 is 1.00 bits per heavy atom. The van der Waals surface area contributed by atoms with Crippen LogP contribution in [0.5, 0.6) is 11.5 Å². The highest BCUT2D eigenvalue weighted by molar-refractivity contribution is 6.09. The van der Waals surface area contributed by atoms with Crippen LogP contribution in [0, 0.1) is 6.33 Å². The van der Waals surface area contributed by atoms with Crippen LogP contribution in [0.2, 0.25) is 0 Å². The Kier molecular flexibility index (Phi) is 12.3. The van der Waals surface area contributed by atoms with Crippen molar-refractivity contribution in [2.45, 2.75) is 156 Å². The van der Waals surface area contributed by atoms with Gasteiger partial charge in [-0.2, -0.15) is 0 Å². The molecule has 0 saturated carbocycles. The topological polar surface area (TPSA) is 35.9 Å². The maximum Gasteiger partial charge on any atom is 0.269 e. The van der Waals surface area contributed by atoms with Gasteiger partial charge in [-0.15, -0.1) is 0 Å². The lowest BCUT2D eigenvalue weighted by Crippen LogP contribution is -2.34. The molecule has 0 saturated heterocycles. The first-order valence-corrected chi connectivity index (χ1v) is 30.1. The molecule has 418 valence electrons. The number of rotatable bonds is 5. The van der Waals surface area contributed by atoms with Crippen molar-refractivity contribution in [3.8, 4) is 73.2 Å². The van der Waals surface area contributed by atoms with Crippen LogP contribution in [-0.2, 0) is 32.5 Å². The number of fused-ring (bicyclic) bond motifs is 11. The maximum absolute atomic E-state index is 7.03. The molecule has 1 aliphatic carbocycles. The average molecular weight is 1090 g/mol. The van der Waals surface area contributed by atoms with Gasteiger partial charge in [0.05, 0.1) is 33.4 Å². The van der Waals surface area contributed by atoms with Crippen molar-refractivity contribution >= 4 is 32.8 Å². The van der Waals surface area contributed by atoms with Crippen molar-refractivity contribution in [1.29, 1.82) is 0 Å². The predicted molar refractivity (Wildman–Crippen MR) is 348 cm³/mol. The SMILES string of the molecule is CC(C)(C)c1cc(-c2cccc3c2-[n+]2[c-]n(-c4cccc(Oc5ccc6c7ccccc7n(-c7cc(C(C)(C)C)ccn7)c6c5)c4)c4cc(C(C)(C)C)cc(c42)-c2ccccc2-c2cc4c(cc2-3)C(C)(C)CCC4(C)C)cc(C(C)(C)C)c1. The predicted octanol–water partition coefficient (Wildman–Crippen LogP) is 20.5. The van der Waals surface area contributed by atoms with Gasteiger partial charge in [-0.3, -0.25) is 13.7 Å². The lowest BCUT2D eigenvalue weighted by molar-refractivity contribution is -0.570. The molecule has 8 aromatic carbocycles. The molecule has 0 unspecified atom stereocenters. The number of imidazole rings is 1. The fourth-order valence-electron chi connectivity index (χ4n) is 13.2. The van der Waals surface area contributed by atoms with Gasteiger partial charge in [0.2, 0.25) is 0 Å². The zero-order chi connectivity index (χ0) is 58.5. The fourth-order valence-corrected chi connectivity index (χ4v) is 13.2. The molecule has 83 heavy (non-hydrogen) atoms. The van der Waals surface area contributed by atoms with Crippen molar-refractivity contribution < 1.29 is 9.30 Å². The van der Waals surface area contributed by atoms with Gasteiger partial charge in [0.1, 0.15) is 17.3 Å². The summed E-state index contributed by atoms with van der Waals surface area (Å²) in [5, 5.41) is 2.33. The molecule has 11 aromatic rings. The number of ether oxygens (including phenoxy) is 1. The Morgan fingerprint density at radius 1 is 0.446 bits per heavy atom. The van der Waals surface area contributed by atoms with Crippen LogP contribution in [0.15, 0.2) is 170 Å². The maximum atomic E-state index is 7.03. The minimum absolute atomic E-state index is 0.00872. The van der Waals surface area contributed by atoms with Crippen molar-refractivity contribution in [1.82, 2.24) is 14.1 Å². The minimum atomic E-state index is -0.181. The van der Waals surface area contributed by atoms with E-state index in [0.717, 1.165) is 69.0 Å². The molecule has 0 spiro atoms. The number of hydrogen-bond donors (Lipinski definition) is 0. The smallest absolute Gasteiger partial charge is 0.269 e. The lowest BCUT2D eigenvalue weighted by Gasteiger charge is -2.42. The summed E-state index contributed by atoms with van der Waals surface area (Å²) in [5.41, 5.74) is 23.8. The molecule has 0 fully saturated rings. The van der Waals surface area contributed by atoms with Gasteiger partial charge in [0.25, 0.3) is 6.33 Å². The highest BCUT2D eigenvalue weighted by atomic mass is 16.5. The van der Waals surface area contributed by atoms with Crippen molar-refractivity contribution in [2.24, 2.45) is 0 Å². The summed E-state index contributed by atoms with van der Waals surface area (Å²) in [6.07, 6.45) is 8.37. The van der Waals surface area contributed by atoms with E-state index in [2.05, 4.69) is 295 Å². The van der Waals surface area contributed by atoms with Crippen molar-refractivity contribution in [3.05, 3.63) is 210 Å². The molecule has 4 heterocycles. The average Bonchev–Trinajstić information content (AvgIpc) is 1.80. The van der Waals surface area contributed by atoms with Crippen LogP contribution in [0.1, 0.15) is 157 Å². The van der Waals surface area contributed by atoms with E-state index in [1.165, 1.54) is 83.3 Å². The molecule has 0 amide bonds. The number of nitrogens with zero attached hydrogens (tertiary/aromatic N) is 4. The van der Waals surface area contributed by atoms with E-state index in [1.54, 1.807) is 0 Å². The highest BCUT2D eigenvalue weighted by Crippen LogP contribution is 2.53. The second kappa shape index (κ2) is 18.7. The van der Waals surface area contributed by atoms with Gasteiger partial charge in [-0.05, 0) is 184 Å². The van der Waals surface area contributed by atoms with Gasteiger partial charge in [0, 0.05) is 23.0 Å². The Hall–Kier alpha value is -8.02. The van der Waals surface area contributed by atoms with E-state index < -0.39 is 0 Å². The van der Waals surface area contributed by atoms with Gasteiger partial charge in [0.15, 0.2) is 0 Å². The van der Waals surface area contributed by atoms with E-state index in [4.69, 9.17) is 9.72 Å². The number of para-hydroxylation sites is 2. The standard InChI is InChI=1S/C78H80N4O/c1-73(2,3)49-33-36-79-70(42-49)82-67-30-20-19-27-59(67)60-32-31-55(44-68(60)82)83-54-24-21-23-53(43-54)80-47-81-71-56(48-37-50(74(4,5)6)39-51(38-48)75(7,8)9)28-22-29-61(71)63-46-66-65(77(13,14)34-35-78(66,15)16)45-62(63)57-25-17-18-26-58(57)64-40-52(76(10,11)12)41-69(80)72(64)81/h17-33,36-46H,34-35H2,1-16H3. The molecule has 0 bridgehead atoms. The number of hydrogen-bond acceptors (Lipinski definition) is 2. The van der Waals surface area contributed by atoms with Crippen molar-refractivity contribution in [2.75, 3.05) is 0 Å². The summed E-state index contributed by atoms with van der Waals surface area (Å²) < 4.78 is 14.1. The van der Waals surface area contributed by atoms with Gasteiger partial charge < -0.3 is 4.74 Å². The zero-order valence-corrected chi connectivity index (χ0v) is 51.8. The Balaban J connectivity index is 1.08. The third kappa shape index (κ3) is 9.21. The number of pyridine rings is 1. The van der Waals surface area contributed by atoms with Gasteiger partial charge in [-0.1, -0.05) is 208 Å². The van der Waals surface area contributed by atoms with E-state index in [1.807, 2.05) is 6.20 Å². The van der Waals surface area contributed by atoms with Crippen LogP contribution in [-0.4, -0.2) is 14.1 Å². The van der Waals surface area contributed by atoms with E-state index in [0.29, 0.717) is 0 Å². The Morgan fingerprint density at radius 3 is 1.66 bits per heavy atom. The third-order valence-corrected chi connectivity index (χ3v) is 18.4. The molecule has 5 nitrogen and oxygen atoms in total. The lowest BCUT2D eigenvalue weighted by atomic mass is 9.62. The summed E-state index contributed by atoms with van der Waals surface area (Å²) in [4.78, 5) is 4.97. The summed E-state index contributed by atoms with van der Waals surface area (Å²) in [6, 6.07) is 61.7. The van der Waals surface area contributed by atoms with Crippen LogP contribution >= 0.6 is 0 Å². The molecule has 1 aliphatic heterocycles. The van der Waals surface area contributed by atoms with Gasteiger partial charge >= 0.3 is 0 Å². The Labute approximate surface area is 492 Å². The van der Waals surface area contributed by atoms with Crippen LogP contribution in [0.25, 0.3) is 94.5 Å². The molecular weight excluding hydrogens is 1010 g/mol. The fraction of sp³-hybridized carbons (Fsp3) is 0.308. The summed E-state index contributed by atoms with van der Waals surface area (Å²) in [7, 11) is 0. The van der Waals surface area contributed by atoms with Crippen LogP contribution < -0.4 is 9.30 Å². The van der Waals surface area contributed by atoms with Crippen molar-refractivity contribution in [3.63, 3.8) is 0 Å². The molecule has 13 rings (SSSR count). The normalized spacial score (nSPS) is 14.8. The molecule has 0 atom stereocenters. The second-order valence-corrected chi connectivity index (χ2v) is 29.5. The zero-order valence-electron chi connectivity index (χ0n) is 51.8. The quantitative estimate of drug-likeness (QED) is 0.127. The largest absolute Gasteiger partial charge is 0.458 e. The number of aromatic nitrogens is 4. The second-order valence-electron chi connectivity index (χ2n) is 29.5. The monoisotopic (exact) mass is 1090 g/mol. The minimum Gasteiger partial charge on any atom is -0.458 e. The summed E-state index contributed by atoms with van der Waals surface area (Å²) >= 11 is 0. The first kappa shape index (κ1) is 54.2. The molecule has 0 N–H and O–H groups in total. The first-order valence-electron chi connectivity index (χ1n) is 30.1. The Bertz CT molecular complexity index is 4420. The van der Waals surface area contributed by atoms with E-state index >= 15 is 0 Å². The first-order chi connectivity index (χ1) is 39.1. The molecular formula is C78H80N4O. The molecule has 5 heteroatoms. The third-order valence-electron chi connectivity index (χ3n) is 18.4. The van der Waals surface area contributed by atoms with Crippen LogP contribution in [0.4, 0.5) is 0 Å². The molecule has 3 aromatic heterocycles. The molecule has 2 aliphatic rings.